The number of rotatable bonds is 8. The van der Waals surface area contributed by atoms with E-state index in [2.05, 4.69) is 15.3 Å². The van der Waals surface area contributed by atoms with Crippen LogP contribution in [0, 0.1) is 0 Å². The second kappa shape index (κ2) is 11.2. The van der Waals surface area contributed by atoms with Gasteiger partial charge in [0.15, 0.2) is 0 Å². The van der Waals surface area contributed by atoms with Crippen LogP contribution >= 0.6 is 0 Å². The average molecular weight is 481 g/mol. The minimum absolute atomic E-state index is 0.0933. The molecule has 4 aromatic rings. The van der Waals surface area contributed by atoms with Gasteiger partial charge in [-0.3, -0.25) is 14.6 Å². The van der Waals surface area contributed by atoms with E-state index in [0.29, 0.717) is 6.54 Å². The molecular formula is C30H32N4O2. The molecule has 0 unspecified atom stereocenters. The van der Waals surface area contributed by atoms with Crippen LogP contribution in [0.3, 0.4) is 0 Å². The smallest absolute Gasteiger partial charge is 0.247 e. The summed E-state index contributed by atoms with van der Waals surface area (Å²) in [6.45, 7) is 0.340. The van der Waals surface area contributed by atoms with E-state index >= 15 is 0 Å². The molecule has 36 heavy (non-hydrogen) atoms. The predicted octanol–water partition coefficient (Wildman–Crippen LogP) is 5.32. The molecule has 1 aliphatic rings. The first-order valence-electron chi connectivity index (χ1n) is 12.8. The highest BCUT2D eigenvalue weighted by atomic mass is 16.2. The maximum Gasteiger partial charge on any atom is 0.247 e. The fourth-order valence-corrected chi connectivity index (χ4v) is 5.19. The van der Waals surface area contributed by atoms with E-state index in [4.69, 9.17) is 0 Å². The van der Waals surface area contributed by atoms with E-state index in [1.165, 1.54) is 6.42 Å². The van der Waals surface area contributed by atoms with Crippen molar-refractivity contribution in [3.8, 4) is 0 Å². The fraction of sp³-hybridized carbons (Fsp3) is 0.300. The lowest BCUT2D eigenvalue weighted by atomic mass is 9.94. The van der Waals surface area contributed by atoms with Gasteiger partial charge < -0.3 is 15.2 Å². The van der Waals surface area contributed by atoms with E-state index in [1.807, 2.05) is 72.9 Å². The quantitative estimate of drug-likeness (QED) is 0.358. The Morgan fingerprint density at radius 2 is 1.67 bits per heavy atom. The number of benzene rings is 2. The van der Waals surface area contributed by atoms with Crippen molar-refractivity contribution in [3.05, 3.63) is 102 Å². The van der Waals surface area contributed by atoms with Gasteiger partial charge in [0, 0.05) is 42.1 Å². The molecule has 2 heterocycles. The van der Waals surface area contributed by atoms with Crippen LogP contribution in [0.1, 0.15) is 54.8 Å². The van der Waals surface area contributed by atoms with Crippen molar-refractivity contribution in [2.75, 3.05) is 0 Å². The Kier molecular flexibility index (Phi) is 7.41. The van der Waals surface area contributed by atoms with Crippen LogP contribution in [-0.2, 0) is 22.6 Å². The molecule has 2 aromatic carbocycles. The third-order valence-electron chi connectivity index (χ3n) is 7.07. The summed E-state index contributed by atoms with van der Waals surface area (Å²) in [6.07, 6.45) is 10.9. The number of aromatic amines is 1. The predicted molar refractivity (Wildman–Crippen MR) is 141 cm³/mol. The molecule has 1 fully saturated rings. The number of fused-ring (bicyclic) bond motifs is 1. The number of aromatic nitrogens is 2. The Hall–Kier alpha value is -3.93. The number of pyridine rings is 1. The third-order valence-corrected chi connectivity index (χ3v) is 7.07. The summed E-state index contributed by atoms with van der Waals surface area (Å²) in [5.74, 6) is -0.222. The molecule has 1 saturated carbocycles. The van der Waals surface area contributed by atoms with Crippen LogP contribution in [0.25, 0.3) is 10.9 Å². The summed E-state index contributed by atoms with van der Waals surface area (Å²) in [5.41, 5.74) is 3.67. The number of hydrogen-bond donors (Lipinski definition) is 2. The monoisotopic (exact) mass is 480 g/mol. The summed E-state index contributed by atoms with van der Waals surface area (Å²) in [4.78, 5) is 37.0. The molecule has 5 rings (SSSR count). The lowest BCUT2D eigenvalue weighted by molar-refractivity contribution is -0.141. The molecule has 2 aromatic heterocycles. The highest BCUT2D eigenvalue weighted by Crippen LogP contribution is 2.27. The first kappa shape index (κ1) is 23.8. The van der Waals surface area contributed by atoms with Gasteiger partial charge in [-0.15, -0.1) is 0 Å². The standard InChI is InChI=1S/C30H32N4O2/c35-28(19-24-20-32-27-14-8-7-13-26(24)27)34(21-22-9-3-1-4-10-22)29(23-15-17-31-18-16-23)30(36)33-25-11-5-2-6-12-25/h1,3-4,7-10,13-18,20,25,29,32H,2,5-6,11-12,19,21H2,(H,33,36)/t29-/m1/s1. The van der Waals surface area contributed by atoms with Crippen molar-refractivity contribution in [1.82, 2.24) is 20.2 Å². The normalized spacial score (nSPS) is 14.9. The van der Waals surface area contributed by atoms with Crippen LogP contribution in [0.15, 0.2) is 85.3 Å². The van der Waals surface area contributed by atoms with E-state index in [-0.39, 0.29) is 24.3 Å². The molecule has 1 aliphatic carbocycles. The van der Waals surface area contributed by atoms with Gasteiger partial charge in [0.2, 0.25) is 11.8 Å². The van der Waals surface area contributed by atoms with E-state index < -0.39 is 6.04 Å². The Balaban J connectivity index is 1.49. The van der Waals surface area contributed by atoms with Crippen molar-refractivity contribution in [3.63, 3.8) is 0 Å². The molecule has 1 atom stereocenters. The van der Waals surface area contributed by atoms with Crippen molar-refractivity contribution in [1.29, 1.82) is 0 Å². The Morgan fingerprint density at radius 1 is 0.944 bits per heavy atom. The molecule has 0 aliphatic heterocycles. The number of H-pyrrole nitrogens is 1. The minimum atomic E-state index is -0.743. The first-order chi connectivity index (χ1) is 17.7. The number of nitrogens with one attached hydrogen (secondary N) is 2. The molecule has 0 spiro atoms. The second-order valence-electron chi connectivity index (χ2n) is 9.57. The van der Waals surface area contributed by atoms with Crippen LogP contribution in [-0.4, -0.2) is 32.7 Å². The largest absolute Gasteiger partial charge is 0.361 e. The molecular weight excluding hydrogens is 448 g/mol. The van der Waals surface area contributed by atoms with Gasteiger partial charge in [-0.1, -0.05) is 67.8 Å². The van der Waals surface area contributed by atoms with Crippen molar-refractivity contribution < 1.29 is 9.59 Å². The number of carbonyl (C=O) groups is 2. The molecule has 2 amide bonds. The molecule has 6 nitrogen and oxygen atoms in total. The number of nitrogens with zero attached hydrogens (tertiary/aromatic N) is 2. The van der Waals surface area contributed by atoms with E-state index in [1.54, 1.807) is 17.3 Å². The topological polar surface area (TPSA) is 78.1 Å². The van der Waals surface area contributed by atoms with Crippen molar-refractivity contribution in [2.45, 2.75) is 57.2 Å². The summed E-state index contributed by atoms with van der Waals surface area (Å²) < 4.78 is 0. The van der Waals surface area contributed by atoms with Gasteiger partial charge in [-0.05, 0) is 47.7 Å². The maximum atomic E-state index is 14.0. The lowest BCUT2D eigenvalue weighted by Gasteiger charge is -2.33. The van der Waals surface area contributed by atoms with E-state index in [9.17, 15) is 9.59 Å². The fourth-order valence-electron chi connectivity index (χ4n) is 5.19. The van der Waals surface area contributed by atoms with Crippen molar-refractivity contribution in [2.24, 2.45) is 0 Å². The van der Waals surface area contributed by atoms with Gasteiger partial charge in [0.25, 0.3) is 0 Å². The molecule has 2 N–H and O–H groups in total. The minimum Gasteiger partial charge on any atom is -0.361 e. The van der Waals surface area contributed by atoms with Gasteiger partial charge in [-0.25, -0.2) is 0 Å². The van der Waals surface area contributed by atoms with Gasteiger partial charge in [0.1, 0.15) is 6.04 Å². The number of hydrogen-bond acceptors (Lipinski definition) is 3. The third kappa shape index (κ3) is 5.48. The molecule has 0 bridgehead atoms. The summed E-state index contributed by atoms with van der Waals surface area (Å²) >= 11 is 0. The summed E-state index contributed by atoms with van der Waals surface area (Å²) in [6, 6.07) is 20.9. The van der Waals surface area contributed by atoms with Crippen LogP contribution < -0.4 is 5.32 Å². The highest BCUT2D eigenvalue weighted by molar-refractivity contribution is 5.92. The number of carbonyl (C=O) groups excluding carboxylic acids is 2. The summed E-state index contributed by atoms with van der Waals surface area (Å²) in [7, 11) is 0. The zero-order valence-corrected chi connectivity index (χ0v) is 20.4. The van der Waals surface area contributed by atoms with Crippen LogP contribution in [0.4, 0.5) is 0 Å². The van der Waals surface area contributed by atoms with Crippen molar-refractivity contribution >= 4 is 22.7 Å². The Bertz CT molecular complexity index is 1300. The zero-order chi connectivity index (χ0) is 24.7. The molecule has 184 valence electrons. The molecule has 0 saturated heterocycles. The number of amides is 2. The van der Waals surface area contributed by atoms with Crippen LogP contribution in [0.2, 0.25) is 0 Å². The first-order valence-corrected chi connectivity index (χ1v) is 12.8. The zero-order valence-electron chi connectivity index (χ0n) is 20.4. The molecule has 6 heteroatoms. The average Bonchev–Trinajstić information content (AvgIpc) is 3.33. The second-order valence-corrected chi connectivity index (χ2v) is 9.57. The maximum absolute atomic E-state index is 14.0. The van der Waals surface area contributed by atoms with Gasteiger partial charge >= 0.3 is 0 Å². The van der Waals surface area contributed by atoms with Crippen LogP contribution in [0.5, 0.6) is 0 Å². The van der Waals surface area contributed by atoms with Gasteiger partial charge in [0.05, 0.1) is 6.42 Å². The Labute approximate surface area is 211 Å². The lowest BCUT2D eigenvalue weighted by Crippen LogP contribution is -2.47. The van der Waals surface area contributed by atoms with Gasteiger partial charge in [-0.2, -0.15) is 0 Å². The van der Waals surface area contributed by atoms with E-state index in [0.717, 1.165) is 53.3 Å². The Morgan fingerprint density at radius 3 is 2.44 bits per heavy atom. The number of para-hydroxylation sites is 1. The molecule has 0 radical (unpaired) electrons. The SMILES string of the molecule is O=C(NC1CCCCC1)[C@@H](c1ccncc1)N(Cc1ccccc1)C(=O)Cc1c[nH]c2ccccc12. The highest BCUT2D eigenvalue weighted by Gasteiger charge is 2.33. The summed E-state index contributed by atoms with van der Waals surface area (Å²) in [5, 5.41) is 4.29.